The third-order valence-electron chi connectivity index (χ3n) is 1.65. The summed E-state index contributed by atoms with van der Waals surface area (Å²) in [7, 11) is 0. The first-order valence-corrected chi connectivity index (χ1v) is 4.82. The van der Waals surface area contributed by atoms with E-state index in [1.807, 2.05) is 0 Å². The molecule has 0 aromatic carbocycles. The van der Waals surface area contributed by atoms with Crippen LogP contribution in [-0.4, -0.2) is 27.0 Å². The van der Waals surface area contributed by atoms with Gasteiger partial charge < -0.3 is 25.0 Å². The Morgan fingerprint density at radius 3 is 1.72 bits per heavy atom. The summed E-state index contributed by atoms with van der Waals surface area (Å²) < 4.78 is 9.12. The molecule has 0 amide bonds. The van der Waals surface area contributed by atoms with Gasteiger partial charge in [0.1, 0.15) is 5.69 Å². The van der Waals surface area contributed by atoms with E-state index in [1.165, 1.54) is 18.3 Å². The van der Waals surface area contributed by atoms with Crippen LogP contribution in [0, 0.1) is 0 Å². The van der Waals surface area contributed by atoms with Crippen molar-refractivity contribution in [2.75, 3.05) is 0 Å². The number of aromatic nitrogens is 2. The molecule has 0 saturated carbocycles. The number of halogens is 1. The van der Waals surface area contributed by atoms with Crippen molar-refractivity contribution in [3.05, 3.63) is 48.0 Å². The van der Waals surface area contributed by atoms with Crippen LogP contribution in [0.4, 0.5) is 3.61 Å². The summed E-state index contributed by atoms with van der Waals surface area (Å²) in [4.78, 5) is 25.0. The molecule has 0 aliphatic rings. The predicted molar refractivity (Wildman–Crippen MR) is 54.0 cm³/mol. The van der Waals surface area contributed by atoms with Gasteiger partial charge in [0.05, 0.1) is 11.7 Å². The van der Waals surface area contributed by atoms with Crippen molar-refractivity contribution in [3.8, 4) is 0 Å². The number of carbonyl (C=O) groups is 2. The molecule has 0 unspecified atom stereocenters. The van der Waals surface area contributed by atoms with Gasteiger partial charge in [0, 0.05) is 12.4 Å². The SMILES string of the molecule is O=C(O)c1ccc[nH]1.O=C([O-])c1ccc[nH]1.[F][Ni]. The molecule has 6 nitrogen and oxygen atoms in total. The van der Waals surface area contributed by atoms with Crippen molar-refractivity contribution < 1.29 is 39.3 Å². The molecular formula is C10H9FN2NiO4-. The molecule has 8 heteroatoms. The Morgan fingerprint density at radius 2 is 1.56 bits per heavy atom. The number of aromatic amines is 2. The number of hydrogen-bond acceptors (Lipinski definition) is 3. The van der Waals surface area contributed by atoms with Crippen LogP contribution >= 0.6 is 0 Å². The van der Waals surface area contributed by atoms with Gasteiger partial charge in [0.2, 0.25) is 0 Å². The van der Waals surface area contributed by atoms with E-state index < -0.39 is 11.9 Å². The fourth-order valence-corrected chi connectivity index (χ4v) is 0.921. The maximum atomic E-state index is 10.0. The van der Waals surface area contributed by atoms with Gasteiger partial charge in [-0.1, -0.05) is 0 Å². The Bertz CT molecular complexity index is 412. The van der Waals surface area contributed by atoms with E-state index in [1.54, 1.807) is 18.3 Å². The van der Waals surface area contributed by atoms with Crippen molar-refractivity contribution in [2.45, 2.75) is 0 Å². The van der Waals surface area contributed by atoms with E-state index in [-0.39, 0.29) is 11.4 Å². The van der Waals surface area contributed by atoms with E-state index in [0.29, 0.717) is 0 Å². The zero-order valence-corrected chi connectivity index (χ0v) is 9.82. The Labute approximate surface area is 110 Å². The maximum absolute atomic E-state index is 10.0. The standard InChI is InChI=1S/2C5H5NO2.FH.Ni/c2*7-5(8)4-2-1-3-6-4;;/h2*1-3,6H,(H,7,8);1H;/q;;;+1/p-2. The summed E-state index contributed by atoms with van der Waals surface area (Å²) in [5.41, 5.74) is 0.343. The van der Waals surface area contributed by atoms with Crippen LogP contribution < -0.4 is 5.11 Å². The minimum absolute atomic E-state index is 0.116. The average Bonchev–Trinajstić information content (AvgIpc) is 3.06. The Hall–Kier alpha value is -2.08. The summed E-state index contributed by atoms with van der Waals surface area (Å²) in [6.45, 7) is 0. The summed E-state index contributed by atoms with van der Waals surface area (Å²) in [6, 6.07) is 6.19. The second kappa shape index (κ2) is 9.01. The van der Waals surface area contributed by atoms with Crippen molar-refractivity contribution in [1.29, 1.82) is 0 Å². The first kappa shape index (κ1) is 15.9. The van der Waals surface area contributed by atoms with E-state index >= 15 is 0 Å². The zero-order valence-electron chi connectivity index (χ0n) is 8.83. The first-order chi connectivity index (χ1) is 8.61. The van der Waals surface area contributed by atoms with Gasteiger partial charge in [0.25, 0.3) is 0 Å². The third kappa shape index (κ3) is 5.86. The summed E-state index contributed by atoms with van der Waals surface area (Å²) >= 11 is 2.38. The molecule has 0 aliphatic carbocycles. The summed E-state index contributed by atoms with van der Waals surface area (Å²) in [6.07, 6.45) is 3.11. The van der Waals surface area contributed by atoms with Crippen molar-refractivity contribution in [1.82, 2.24) is 9.97 Å². The molecule has 0 saturated heterocycles. The number of hydrogen-bond donors (Lipinski definition) is 3. The number of carboxylic acid groups (broad SMARTS) is 2. The average molecular weight is 299 g/mol. The molecule has 18 heavy (non-hydrogen) atoms. The molecule has 2 rings (SSSR count). The number of H-pyrrole nitrogens is 2. The van der Waals surface area contributed by atoms with E-state index in [2.05, 4.69) is 25.9 Å². The van der Waals surface area contributed by atoms with Crippen LogP contribution in [-0.2, 0) is 15.9 Å². The molecule has 101 valence electrons. The normalized spacial score (nSPS) is 8.39. The molecule has 0 bridgehead atoms. The fourth-order valence-electron chi connectivity index (χ4n) is 0.921. The molecule has 0 radical (unpaired) electrons. The van der Waals surface area contributed by atoms with Gasteiger partial charge in [-0.15, -0.1) is 0 Å². The molecule has 3 N–H and O–H groups in total. The van der Waals surface area contributed by atoms with Crippen molar-refractivity contribution in [2.24, 2.45) is 0 Å². The Kier molecular flexibility index (Phi) is 7.97. The third-order valence-corrected chi connectivity index (χ3v) is 1.65. The molecule has 0 aliphatic heterocycles. The monoisotopic (exact) mass is 298 g/mol. The van der Waals surface area contributed by atoms with Crippen molar-refractivity contribution >= 4 is 11.9 Å². The molecule has 0 spiro atoms. The molecule has 0 fully saturated rings. The Balaban J connectivity index is 0.000000283. The number of carbonyl (C=O) groups excluding carboxylic acids is 1. The van der Waals surface area contributed by atoms with Gasteiger partial charge in [-0.05, 0) is 24.3 Å². The van der Waals surface area contributed by atoms with E-state index in [0.717, 1.165) is 0 Å². The van der Waals surface area contributed by atoms with Gasteiger partial charge in [-0.3, -0.25) is 0 Å². The number of nitrogens with one attached hydrogen (secondary N) is 2. The molecule has 2 aromatic rings. The summed E-state index contributed by atoms with van der Waals surface area (Å²) in [5.74, 6) is -2.09. The Morgan fingerprint density at radius 1 is 1.11 bits per heavy atom. The van der Waals surface area contributed by atoms with Gasteiger partial charge in [-0.25, -0.2) is 4.79 Å². The van der Waals surface area contributed by atoms with Gasteiger partial charge >= 0.3 is 25.5 Å². The van der Waals surface area contributed by atoms with Gasteiger partial charge in [-0.2, -0.15) is 0 Å². The van der Waals surface area contributed by atoms with Crippen LogP contribution in [0.25, 0.3) is 0 Å². The molecule has 2 aromatic heterocycles. The molecule has 0 atom stereocenters. The molecular weight excluding hydrogens is 290 g/mol. The minimum atomic E-state index is -1.17. The molecule has 2 heterocycles. The van der Waals surface area contributed by atoms with Crippen LogP contribution in [0.15, 0.2) is 36.7 Å². The fraction of sp³-hybridized carbons (Fsp3) is 0. The number of rotatable bonds is 2. The second-order valence-electron chi connectivity index (χ2n) is 2.76. The topological polar surface area (TPSA) is 109 Å². The van der Waals surface area contributed by atoms with Crippen LogP contribution in [0.1, 0.15) is 21.0 Å². The van der Waals surface area contributed by atoms with Crippen LogP contribution in [0.2, 0.25) is 0 Å². The predicted octanol–water partition coefficient (Wildman–Crippen LogP) is 0.509. The van der Waals surface area contributed by atoms with Crippen molar-refractivity contribution in [3.63, 3.8) is 0 Å². The number of carboxylic acids is 2. The quantitative estimate of drug-likeness (QED) is 0.702. The van der Waals surface area contributed by atoms with E-state index in [4.69, 9.17) is 8.71 Å². The van der Waals surface area contributed by atoms with Crippen LogP contribution in [0.5, 0.6) is 0 Å². The van der Waals surface area contributed by atoms with E-state index in [9.17, 15) is 14.7 Å². The zero-order chi connectivity index (χ0) is 14.0. The van der Waals surface area contributed by atoms with Crippen LogP contribution in [0.3, 0.4) is 0 Å². The van der Waals surface area contributed by atoms with Gasteiger partial charge in [0.15, 0.2) is 0 Å². The summed E-state index contributed by atoms with van der Waals surface area (Å²) in [5, 5.41) is 18.2. The second-order valence-corrected chi connectivity index (χ2v) is 2.76. The number of aromatic carboxylic acids is 2. The first-order valence-electron chi connectivity index (χ1n) is 4.44.